The summed E-state index contributed by atoms with van der Waals surface area (Å²) in [6.45, 7) is 6.94. The number of para-hydroxylation sites is 1. The molecule has 1 aliphatic heterocycles. The number of morpholine rings is 1. The standard InChI is InChI=1S/C23H25N3O2/c1-17-13-22(25-21-8-3-2-7-20(17)21)23(27)24-15-18-5-4-6-19(14-18)16-26-9-11-28-12-10-26/h2-8,13-14H,9-12,15-16H2,1H3,(H,24,27). The molecule has 0 bridgehead atoms. The summed E-state index contributed by atoms with van der Waals surface area (Å²) in [7, 11) is 0. The van der Waals surface area contributed by atoms with Crippen LogP contribution in [0.5, 0.6) is 0 Å². The Kier molecular flexibility index (Phi) is 5.65. The Morgan fingerprint density at radius 1 is 1.07 bits per heavy atom. The molecular weight excluding hydrogens is 350 g/mol. The number of fused-ring (bicyclic) bond motifs is 1. The summed E-state index contributed by atoms with van der Waals surface area (Å²) in [6.07, 6.45) is 0. The van der Waals surface area contributed by atoms with Gasteiger partial charge in [-0.05, 0) is 35.7 Å². The average molecular weight is 375 g/mol. The van der Waals surface area contributed by atoms with Gasteiger partial charge in [0.15, 0.2) is 0 Å². The van der Waals surface area contributed by atoms with Gasteiger partial charge >= 0.3 is 0 Å². The molecule has 144 valence electrons. The fourth-order valence-electron chi connectivity index (χ4n) is 3.59. The largest absolute Gasteiger partial charge is 0.379 e. The Balaban J connectivity index is 1.41. The Labute approximate surface area is 165 Å². The highest BCUT2D eigenvalue weighted by Gasteiger charge is 2.12. The molecule has 1 N–H and O–H groups in total. The van der Waals surface area contributed by atoms with E-state index >= 15 is 0 Å². The monoisotopic (exact) mass is 375 g/mol. The lowest BCUT2D eigenvalue weighted by Crippen LogP contribution is -2.35. The number of benzene rings is 2. The third-order valence-electron chi connectivity index (χ3n) is 5.11. The van der Waals surface area contributed by atoms with Crippen molar-refractivity contribution < 1.29 is 9.53 Å². The van der Waals surface area contributed by atoms with E-state index in [9.17, 15) is 4.79 Å². The Morgan fingerprint density at radius 3 is 2.71 bits per heavy atom. The number of hydrogen-bond donors (Lipinski definition) is 1. The first-order valence-corrected chi connectivity index (χ1v) is 9.71. The molecule has 0 spiro atoms. The third kappa shape index (κ3) is 4.38. The van der Waals surface area contributed by atoms with Gasteiger partial charge in [-0.25, -0.2) is 4.98 Å². The first kappa shape index (κ1) is 18.6. The number of rotatable bonds is 5. The number of carbonyl (C=O) groups is 1. The van der Waals surface area contributed by atoms with E-state index in [1.54, 1.807) is 0 Å². The number of pyridine rings is 1. The van der Waals surface area contributed by atoms with Gasteiger partial charge in [0.05, 0.1) is 18.7 Å². The molecule has 28 heavy (non-hydrogen) atoms. The molecule has 1 fully saturated rings. The van der Waals surface area contributed by atoms with Crippen LogP contribution < -0.4 is 5.32 Å². The van der Waals surface area contributed by atoms with Crippen LogP contribution in [-0.4, -0.2) is 42.1 Å². The van der Waals surface area contributed by atoms with E-state index < -0.39 is 0 Å². The molecule has 1 aliphatic rings. The molecule has 1 aromatic heterocycles. The van der Waals surface area contributed by atoms with E-state index in [0.717, 1.165) is 54.9 Å². The minimum atomic E-state index is -0.146. The van der Waals surface area contributed by atoms with Crippen LogP contribution in [0.1, 0.15) is 27.2 Å². The van der Waals surface area contributed by atoms with E-state index in [0.29, 0.717) is 12.2 Å². The number of hydrogen-bond acceptors (Lipinski definition) is 4. The predicted octanol–water partition coefficient (Wildman–Crippen LogP) is 3.31. The lowest BCUT2D eigenvalue weighted by molar-refractivity contribution is 0.0342. The van der Waals surface area contributed by atoms with Crippen LogP contribution in [0.15, 0.2) is 54.6 Å². The normalized spacial score (nSPS) is 14.9. The van der Waals surface area contributed by atoms with E-state index in [4.69, 9.17) is 4.74 Å². The highest BCUT2D eigenvalue weighted by atomic mass is 16.5. The van der Waals surface area contributed by atoms with Gasteiger partial charge in [0.1, 0.15) is 5.69 Å². The molecule has 2 heterocycles. The quantitative estimate of drug-likeness (QED) is 0.743. The van der Waals surface area contributed by atoms with E-state index in [2.05, 4.69) is 33.4 Å². The van der Waals surface area contributed by atoms with Crippen molar-refractivity contribution in [3.63, 3.8) is 0 Å². The second-order valence-corrected chi connectivity index (χ2v) is 7.23. The van der Waals surface area contributed by atoms with Crippen LogP contribution in [-0.2, 0) is 17.8 Å². The zero-order valence-corrected chi connectivity index (χ0v) is 16.1. The summed E-state index contributed by atoms with van der Waals surface area (Å²) in [6, 6.07) is 18.1. The minimum Gasteiger partial charge on any atom is -0.379 e. The molecule has 2 aromatic carbocycles. The van der Waals surface area contributed by atoms with Crippen molar-refractivity contribution in [3.8, 4) is 0 Å². The average Bonchev–Trinajstić information content (AvgIpc) is 2.73. The van der Waals surface area contributed by atoms with Gasteiger partial charge in [0, 0.05) is 31.6 Å². The smallest absolute Gasteiger partial charge is 0.270 e. The van der Waals surface area contributed by atoms with Crippen molar-refractivity contribution in [2.45, 2.75) is 20.0 Å². The van der Waals surface area contributed by atoms with Crippen molar-refractivity contribution in [3.05, 3.63) is 77.0 Å². The number of nitrogens with one attached hydrogen (secondary N) is 1. The summed E-state index contributed by atoms with van der Waals surface area (Å²) >= 11 is 0. The second-order valence-electron chi connectivity index (χ2n) is 7.23. The number of aryl methyl sites for hydroxylation is 1. The summed E-state index contributed by atoms with van der Waals surface area (Å²) in [5.74, 6) is -0.146. The first-order valence-electron chi connectivity index (χ1n) is 9.71. The van der Waals surface area contributed by atoms with Gasteiger partial charge in [-0.3, -0.25) is 9.69 Å². The highest BCUT2D eigenvalue weighted by Crippen LogP contribution is 2.17. The molecule has 4 rings (SSSR count). The number of aromatic nitrogens is 1. The minimum absolute atomic E-state index is 0.146. The second kappa shape index (κ2) is 8.50. The van der Waals surface area contributed by atoms with Crippen molar-refractivity contribution in [1.82, 2.24) is 15.2 Å². The zero-order chi connectivity index (χ0) is 19.3. The summed E-state index contributed by atoms with van der Waals surface area (Å²) in [4.78, 5) is 19.5. The van der Waals surface area contributed by atoms with E-state index in [1.807, 2.05) is 43.3 Å². The van der Waals surface area contributed by atoms with Gasteiger partial charge in [-0.15, -0.1) is 0 Å². The van der Waals surface area contributed by atoms with Crippen LogP contribution in [0.2, 0.25) is 0 Å². The maximum Gasteiger partial charge on any atom is 0.270 e. The fraction of sp³-hybridized carbons (Fsp3) is 0.304. The summed E-state index contributed by atoms with van der Waals surface area (Å²) in [5, 5.41) is 4.08. The molecule has 0 atom stereocenters. The summed E-state index contributed by atoms with van der Waals surface area (Å²) < 4.78 is 5.41. The Morgan fingerprint density at radius 2 is 1.86 bits per heavy atom. The predicted molar refractivity (Wildman–Crippen MR) is 110 cm³/mol. The van der Waals surface area contributed by atoms with Crippen LogP contribution in [0.25, 0.3) is 10.9 Å². The lowest BCUT2D eigenvalue weighted by atomic mass is 10.1. The van der Waals surface area contributed by atoms with Crippen molar-refractivity contribution in [1.29, 1.82) is 0 Å². The fourth-order valence-corrected chi connectivity index (χ4v) is 3.59. The zero-order valence-electron chi connectivity index (χ0n) is 16.1. The number of ether oxygens (including phenoxy) is 1. The summed E-state index contributed by atoms with van der Waals surface area (Å²) in [5.41, 5.74) is 4.72. The SMILES string of the molecule is Cc1cc(C(=O)NCc2cccc(CN3CCOCC3)c2)nc2ccccc12. The molecule has 0 aliphatic carbocycles. The van der Waals surface area contributed by atoms with Crippen LogP contribution in [0.3, 0.4) is 0 Å². The number of carbonyl (C=O) groups excluding carboxylic acids is 1. The number of amides is 1. The van der Waals surface area contributed by atoms with Crippen molar-refractivity contribution in [2.75, 3.05) is 26.3 Å². The molecule has 1 amide bonds. The topological polar surface area (TPSA) is 54.5 Å². The van der Waals surface area contributed by atoms with Gasteiger partial charge in [0.25, 0.3) is 5.91 Å². The van der Waals surface area contributed by atoms with Crippen LogP contribution >= 0.6 is 0 Å². The molecule has 3 aromatic rings. The molecule has 0 saturated carbocycles. The van der Waals surface area contributed by atoms with Gasteiger partial charge < -0.3 is 10.1 Å². The molecule has 0 radical (unpaired) electrons. The van der Waals surface area contributed by atoms with Crippen molar-refractivity contribution in [2.24, 2.45) is 0 Å². The van der Waals surface area contributed by atoms with Crippen molar-refractivity contribution >= 4 is 16.8 Å². The highest BCUT2D eigenvalue weighted by molar-refractivity contribution is 5.95. The maximum atomic E-state index is 12.6. The van der Waals surface area contributed by atoms with E-state index in [-0.39, 0.29) is 5.91 Å². The third-order valence-corrected chi connectivity index (χ3v) is 5.11. The Hall–Kier alpha value is -2.76. The van der Waals surface area contributed by atoms with E-state index in [1.165, 1.54) is 5.56 Å². The lowest BCUT2D eigenvalue weighted by Gasteiger charge is -2.26. The molecule has 0 unspecified atom stereocenters. The van der Waals surface area contributed by atoms with Crippen LogP contribution in [0, 0.1) is 6.92 Å². The van der Waals surface area contributed by atoms with Gasteiger partial charge in [0.2, 0.25) is 0 Å². The first-order chi connectivity index (χ1) is 13.7. The number of nitrogens with zero attached hydrogens (tertiary/aromatic N) is 2. The molecule has 1 saturated heterocycles. The van der Waals surface area contributed by atoms with Gasteiger partial charge in [-0.1, -0.05) is 42.5 Å². The van der Waals surface area contributed by atoms with Crippen LogP contribution in [0.4, 0.5) is 0 Å². The Bertz CT molecular complexity index is 980. The van der Waals surface area contributed by atoms with Gasteiger partial charge in [-0.2, -0.15) is 0 Å². The molecular formula is C23H25N3O2. The molecule has 5 nitrogen and oxygen atoms in total. The molecule has 5 heteroatoms. The maximum absolute atomic E-state index is 12.6.